The third-order valence-corrected chi connectivity index (χ3v) is 3.45. The molecule has 0 radical (unpaired) electrons. The van der Waals surface area contributed by atoms with Crippen molar-refractivity contribution in [3.63, 3.8) is 0 Å². The van der Waals surface area contributed by atoms with Gasteiger partial charge in [-0.2, -0.15) is 4.37 Å². The van der Waals surface area contributed by atoms with Crippen LogP contribution < -0.4 is 5.32 Å². The van der Waals surface area contributed by atoms with Crippen molar-refractivity contribution in [2.75, 3.05) is 25.1 Å². The molecule has 0 aliphatic carbocycles. The summed E-state index contributed by atoms with van der Waals surface area (Å²) in [6, 6.07) is 0. The fraction of sp³-hybridized carbons (Fsp3) is 0.692. The molecule has 1 N–H and O–H groups in total. The van der Waals surface area contributed by atoms with E-state index in [9.17, 15) is 4.79 Å². The first kappa shape index (κ1) is 15.9. The van der Waals surface area contributed by atoms with Gasteiger partial charge in [0.25, 0.3) is 0 Å². The van der Waals surface area contributed by atoms with Crippen LogP contribution in [0.2, 0.25) is 0 Å². The number of hydrogen-bond donors (Lipinski definition) is 1. The molecule has 0 aliphatic rings. The van der Waals surface area contributed by atoms with Crippen LogP contribution in [0.15, 0.2) is 0 Å². The second kappa shape index (κ2) is 6.86. The largest absolute Gasteiger partial charge is 0.462 e. The van der Waals surface area contributed by atoms with E-state index in [4.69, 9.17) is 9.47 Å². The van der Waals surface area contributed by atoms with Crippen LogP contribution in [0.25, 0.3) is 0 Å². The Morgan fingerprint density at radius 2 is 2.05 bits per heavy atom. The average Bonchev–Trinajstić information content (AvgIpc) is 2.68. The maximum Gasteiger partial charge on any atom is 0.343 e. The predicted octanol–water partition coefficient (Wildman–Crippen LogP) is 2.86. The lowest BCUT2D eigenvalue weighted by molar-refractivity contribution is 0.000696. The Bertz CT molecular complexity index is 430. The Balaban J connectivity index is 2.77. The molecule has 0 aromatic carbocycles. The van der Waals surface area contributed by atoms with Gasteiger partial charge in [0.2, 0.25) is 0 Å². The summed E-state index contributed by atoms with van der Waals surface area (Å²) in [4.78, 5) is 11.9. The third kappa shape index (κ3) is 4.47. The Kier molecular flexibility index (Phi) is 5.75. The summed E-state index contributed by atoms with van der Waals surface area (Å²) in [5.74, 6) is -0.328. The van der Waals surface area contributed by atoms with E-state index in [1.165, 1.54) is 11.5 Å². The number of carbonyl (C=O) groups is 1. The third-order valence-electron chi connectivity index (χ3n) is 2.55. The Morgan fingerprint density at radius 3 is 2.63 bits per heavy atom. The molecule has 1 aromatic heterocycles. The monoisotopic (exact) mass is 286 g/mol. The molecule has 108 valence electrons. The van der Waals surface area contributed by atoms with Gasteiger partial charge in [-0.25, -0.2) is 4.79 Å². The number of carbonyl (C=O) groups excluding carboxylic acids is 1. The van der Waals surface area contributed by atoms with Crippen molar-refractivity contribution in [2.24, 2.45) is 0 Å². The number of rotatable bonds is 7. The quantitative estimate of drug-likeness (QED) is 0.781. The van der Waals surface area contributed by atoms with E-state index < -0.39 is 0 Å². The van der Waals surface area contributed by atoms with Gasteiger partial charge in [0.1, 0.15) is 10.6 Å². The summed E-state index contributed by atoms with van der Waals surface area (Å²) in [6.07, 6.45) is 0. The number of hydrogen-bond acceptors (Lipinski definition) is 6. The van der Waals surface area contributed by atoms with E-state index in [0.29, 0.717) is 31.0 Å². The van der Waals surface area contributed by atoms with Crippen molar-refractivity contribution in [1.29, 1.82) is 0 Å². The van der Waals surface area contributed by atoms with Crippen molar-refractivity contribution in [2.45, 2.75) is 40.2 Å². The molecule has 0 fully saturated rings. The standard InChI is InChI=1S/C13H22N2O3S/c1-6-17-12(16)10-9(3)15-19-11(10)14-8-13(4,5)18-7-2/h14H,6-8H2,1-5H3. The summed E-state index contributed by atoms with van der Waals surface area (Å²) in [5.41, 5.74) is 0.929. The van der Waals surface area contributed by atoms with Crippen LogP contribution in [0.3, 0.4) is 0 Å². The van der Waals surface area contributed by atoms with Gasteiger partial charge in [-0.15, -0.1) is 0 Å². The molecule has 0 saturated heterocycles. The summed E-state index contributed by atoms with van der Waals surface area (Å²) in [7, 11) is 0. The Hall–Kier alpha value is -1.14. The first-order valence-electron chi connectivity index (χ1n) is 6.42. The number of esters is 1. The van der Waals surface area contributed by atoms with Gasteiger partial charge in [0.05, 0.1) is 17.9 Å². The fourth-order valence-electron chi connectivity index (χ4n) is 1.67. The zero-order valence-electron chi connectivity index (χ0n) is 12.2. The number of nitrogens with zero attached hydrogens (tertiary/aromatic N) is 1. The van der Waals surface area contributed by atoms with Gasteiger partial charge in [0, 0.05) is 13.2 Å². The van der Waals surface area contributed by atoms with Gasteiger partial charge < -0.3 is 14.8 Å². The summed E-state index contributed by atoms with van der Waals surface area (Å²) < 4.78 is 14.9. The lowest BCUT2D eigenvalue weighted by Crippen LogP contribution is -2.33. The summed E-state index contributed by atoms with van der Waals surface area (Å²) in [6.45, 7) is 11.2. The van der Waals surface area contributed by atoms with Gasteiger partial charge in [-0.05, 0) is 46.2 Å². The molecule has 5 nitrogen and oxygen atoms in total. The molecule has 1 rings (SSSR count). The van der Waals surface area contributed by atoms with Gasteiger partial charge in [-0.3, -0.25) is 0 Å². The molecule has 0 saturated carbocycles. The van der Waals surface area contributed by atoms with Crippen molar-refractivity contribution in [3.8, 4) is 0 Å². The van der Waals surface area contributed by atoms with Crippen molar-refractivity contribution in [1.82, 2.24) is 4.37 Å². The highest BCUT2D eigenvalue weighted by Crippen LogP contribution is 2.26. The smallest absolute Gasteiger partial charge is 0.343 e. The maximum atomic E-state index is 11.9. The molecule has 1 aromatic rings. The van der Waals surface area contributed by atoms with Crippen LogP contribution in [-0.4, -0.2) is 35.7 Å². The highest BCUT2D eigenvalue weighted by Gasteiger charge is 2.23. The lowest BCUT2D eigenvalue weighted by atomic mass is 10.1. The van der Waals surface area contributed by atoms with Crippen LogP contribution in [0.1, 0.15) is 43.7 Å². The molecule has 1 heterocycles. The van der Waals surface area contributed by atoms with E-state index in [1.807, 2.05) is 27.7 Å². The highest BCUT2D eigenvalue weighted by atomic mass is 32.1. The van der Waals surface area contributed by atoms with Gasteiger partial charge in [0.15, 0.2) is 0 Å². The van der Waals surface area contributed by atoms with E-state index in [0.717, 1.165) is 5.00 Å². The number of nitrogens with one attached hydrogen (secondary N) is 1. The summed E-state index contributed by atoms with van der Waals surface area (Å²) in [5, 5.41) is 3.97. The molecule has 0 unspecified atom stereocenters. The second-order valence-corrected chi connectivity index (χ2v) is 5.51. The van der Waals surface area contributed by atoms with Crippen LogP contribution in [0.4, 0.5) is 5.00 Å². The van der Waals surface area contributed by atoms with Crippen LogP contribution in [0, 0.1) is 6.92 Å². The first-order valence-corrected chi connectivity index (χ1v) is 7.19. The predicted molar refractivity (Wildman–Crippen MR) is 77.0 cm³/mol. The number of anilines is 1. The van der Waals surface area contributed by atoms with Gasteiger partial charge in [-0.1, -0.05) is 0 Å². The first-order chi connectivity index (χ1) is 8.91. The molecule has 0 atom stereocenters. The molecular weight excluding hydrogens is 264 g/mol. The normalized spacial score (nSPS) is 11.4. The van der Waals surface area contributed by atoms with E-state index >= 15 is 0 Å². The minimum absolute atomic E-state index is 0.293. The van der Waals surface area contributed by atoms with Crippen molar-refractivity contribution < 1.29 is 14.3 Å². The minimum Gasteiger partial charge on any atom is -0.462 e. The number of ether oxygens (including phenoxy) is 2. The molecule has 6 heteroatoms. The van der Waals surface area contributed by atoms with Crippen LogP contribution in [-0.2, 0) is 9.47 Å². The van der Waals surface area contributed by atoms with Crippen molar-refractivity contribution in [3.05, 3.63) is 11.3 Å². The summed E-state index contributed by atoms with van der Waals surface area (Å²) >= 11 is 1.27. The number of aromatic nitrogens is 1. The van der Waals surface area contributed by atoms with Crippen LogP contribution >= 0.6 is 11.5 Å². The van der Waals surface area contributed by atoms with Gasteiger partial charge >= 0.3 is 5.97 Å². The molecule has 0 spiro atoms. The number of aryl methyl sites for hydroxylation is 1. The lowest BCUT2D eigenvalue weighted by Gasteiger charge is -2.25. The fourth-order valence-corrected chi connectivity index (χ4v) is 2.45. The molecule has 0 aliphatic heterocycles. The van der Waals surface area contributed by atoms with E-state index in [-0.39, 0.29) is 11.6 Å². The Morgan fingerprint density at radius 1 is 1.37 bits per heavy atom. The zero-order valence-corrected chi connectivity index (χ0v) is 13.0. The highest BCUT2D eigenvalue weighted by molar-refractivity contribution is 7.10. The SMILES string of the molecule is CCOC(=O)c1c(C)nsc1NCC(C)(C)OCC. The van der Waals surface area contributed by atoms with Crippen molar-refractivity contribution >= 4 is 22.5 Å². The van der Waals surface area contributed by atoms with E-state index in [2.05, 4.69) is 9.69 Å². The minimum atomic E-state index is -0.328. The maximum absolute atomic E-state index is 11.9. The second-order valence-electron chi connectivity index (χ2n) is 4.74. The van der Waals surface area contributed by atoms with E-state index in [1.54, 1.807) is 6.92 Å². The topological polar surface area (TPSA) is 60.5 Å². The molecular formula is C13H22N2O3S. The molecule has 0 bridgehead atoms. The molecule has 0 amide bonds. The molecule has 19 heavy (non-hydrogen) atoms. The van der Waals surface area contributed by atoms with Crippen LogP contribution in [0.5, 0.6) is 0 Å². The average molecular weight is 286 g/mol. The zero-order chi connectivity index (χ0) is 14.5. The Labute approximate surface area is 118 Å².